The zero-order valence-corrected chi connectivity index (χ0v) is 15.7. The van der Waals surface area contributed by atoms with Crippen LogP contribution in [-0.4, -0.2) is 46.9 Å². The van der Waals surface area contributed by atoms with Crippen LogP contribution in [-0.2, 0) is 14.8 Å². The summed E-state index contributed by atoms with van der Waals surface area (Å²) in [6.07, 6.45) is -1.66. The first-order chi connectivity index (χ1) is 12.7. The number of anilines is 1. The van der Waals surface area contributed by atoms with Gasteiger partial charge in [0.05, 0.1) is 16.1 Å². The maximum atomic E-state index is 12.6. The van der Waals surface area contributed by atoms with E-state index >= 15 is 0 Å². The summed E-state index contributed by atoms with van der Waals surface area (Å²) in [5, 5.41) is 12.2. The third-order valence-corrected chi connectivity index (χ3v) is 5.72. The second-order valence-corrected chi connectivity index (χ2v) is 8.16. The molecular formula is C17H22F2N4O3S. The highest BCUT2D eigenvalue weighted by atomic mass is 32.2. The van der Waals surface area contributed by atoms with Crippen LogP contribution in [0, 0.1) is 17.2 Å². The maximum Gasteiger partial charge on any atom is 0.242 e. The Balaban J connectivity index is 2.22. The minimum Gasteiger partial charge on any atom is -0.370 e. The molecule has 2 rings (SSSR count). The lowest BCUT2D eigenvalue weighted by Crippen LogP contribution is -2.37. The number of halogens is 2. The summed E-state index contributed by atoms with van der Waals surface area (Å²) in [7, 11) is -4.01. The number of amides is 1. The second-order valence-electron chi connectivity index (χ2n) is 6.39. The fourth-order valence-electron chi connectivity index (χ4n) is 2.64. The summed E-state index contributed by atoms with van der Waals surface area (Å²) in [4.78, 5) is 13.3. The van der Waals surface area contributed by atoms with E-state index < -0.39 is 28.9 Å². The van der Waals surface area contributed by atoms with E-state index in [4.69, 9.17) is 0 Å². The van der Waals surface area contributed by atoms with Crippen LogP contribution in [0.5, 0.6) is 0 Å². The summed E-state index contributed by atoms with van der Waals surface area (Å²) in [5.41, 5.74) is 0.702. The molecule has 0 radical (unpaired) electrons. The first kappa shape index (κ1) is 21.1. The molecule has 1 fully saturated rings. The average molecular weight is 400 g/mol. The van der Waals surface area contributed by atoms with Crippen LogP contribution in [0.2, 0.25) is 0 Å². The number of nitriles is 1. The molecular weight excluding hydrogens is 378 g/mol. The van der Waals surface area contributed by atoms with Gasteiger partial charge in [-0.25, -0.2) is 21.9 Å². The van der Waals surface area contributed by atoms with Gasteiger partial charge >= 0.3 is 0 Å². The number of nitrogens with one attached hydrogen (secondary N) is 2. The standard InChI is InChI=1S/C17H22F2N4O3S/c1-12(17(18)19)11-22-27(25,26)14-3-4-15(13(9-14)10-20)23-7-2-6-21-16(24)5-8-23/h3-4,9,12,17,22H,2,5-8,11H2,1H3,(H,21,24). The summed E-state index contributed by atoms with van der Waals surface area (Å²) in [5.74, 6) is -1.20. The molecule has 1 atom stereocenters. The van der Waals surface area contributed by atoms with Crippen LogP contribution in [0.1, 0.15) is 25.3 Å². The Morgan fingerprint density at radius 1 is 1.37 bits per heavy atom. The summed E-state index contributed by atoms with van der Waals surface area (Å²) in [6, 6.07) is 6.06. The van der Waals surface area contributed by atoms with Crippen LogP contribution in [0.4, 0.5) is 14.5 Å². The third-order valence-electron chi connectivity index (χ3n) is 4.30. The molecule has 1 aromatic rings. The number of carbonyl (C=O) groups is 1. The van der Waals surface area contributed by atoms with Crippen molar-refractivity contribution in [1.29, 1.82) is 5.26 Å². The molecule has 2 N–H and O–H groups in total. The zero-order chi connectivity index (χ0) is 20.0. The van der Waals surface area contributed by atoms with Crippen LogP contribution in [0.15, 0.2) is 23.1 Å². The number of carbonyl (C=O) groups excluding carboxylic acids is 1. The van der Waals surface area contributed by atoms with E-state index in [1.165, 1.54) is 25.1 Å². The van der Waals surface area contributed by atoms with E-state index in [0.717, 1.165) is 0 Å². The molecule has 0 saturated carbocycles. The number of sulfonamides is 1. The molecule has 1 aromatic carbocycles. The Morgan fingerprint density at radius 3 is 2.78 bits per heavy atom. The van der Waals surface area contributed by atoms with Crippen molar-refractivity contribution in [2.45, 2.75) is 31.1 Å². The quantitative estimate of drug-likeness (QED) is 0.753. The number of nitrogens with zero attached hydrogens (tertiary/aromatic N) is 2. The Hall–Kier alpha value is -2.25. The molecule has 0 aliphatic carbocycles. The first-order valence-corrected chi connectivity index (χ1v) is 10.1. The van der Waals surface area contributed by atoms with Crippen LogP contribution >= 0.6 is 0 Å². The third kappa shape index (κ3) is 5.61. The van der Waals surface area contributed by atoms with Gasteiger partial charge in [-0.2, -0.15) is 5.26 Å². The minimum absolute atomic E-state index is 0.0743. The SMILES string of the molecule is CC(CNS(=O)(=O)c1ccc(N2CCCNC(=O)CC2)c(C#N)c1)C(F)F. The van der Waals surface area contributed by atoms with E-state index in [1.54, 1.807) is 0 Å². The molecule has 27 heavy (non-hydrogen) atoms. The molecule has 1 aliphatic heterocycles. The van der Waals surface area contributed by atoms with Gasteiger partial charge in [-0.15, -0.1) is 0 Å². The highest BCUT2D eigenvalue weighted by Gasteiger charge is 2.22. The predicted octanol–water partition coefficient (Wildman–Crippen LogP) is 1.45. The van der Waals surface area contributed by atoms with Crippen LogP contribution in [0.25, 0.3) is 0 Å². The normalized spacial score (nSPS) is 17.0. The monoisotopic (exact) mass is 400 g/mol. The number of alkyl halides is 2. The molecule has 1 heterocycles. The second kappa shape index (κ2) is 9.10. The van der Waals surface area contributed by atoms with Gasteiger partial charge in [-0.3, -0.25) is 4.79 Å². The molecule has 1 amide bonds. The first-order valence-electron chi connectivity index (χ1n) is 8.58. The Kier molecular flexibility index (Phi) is 7.10. The van der Waals surface area contributed by atoms with Crippen LogP contribution < -0.4 is 14.9 Å². The van der Waals surface area contributed by atoms with Crippen molar-refractivity contribution in [1.82, 2.24) is 10.0 Å². The molecule has 10 heteroatoms. The van der Waals surface area contributed by atoms with Crippen molar-refractivity contribution in [3.8, 4) is 6.07 Å². The van der Waals surface area contributed by atoms with Gasteiger partial charge in [-0.1, -0.05) is 6.92 Å². The minimum atomic E-state index is -4.01. The number of rotatable bonds is 6. The fourth-order valence-corrected chi connectivity index (χ4v) is 3.81. The lowest BCUT2D eigenvalue weighted by molar-refractivity contribution is -0.121. The molecule has 148 valence electrons. The zero-order valence-electron chi connectivity index (χ0n) is 14.9. The van der Waals surface area contributed by atoms with E-state index in [-0.39, 0.29) is 22.8 Å². The van der Waals surface area contributed by atoms with E-state index in [1.807, 2.05) is 11.0 Å². The average Bonchev–Trinajstić information content (AvgIpc) is 2.62. The van der Waals surface area contributed by atoms with Gasteiger partial charge < -0.3 is 10.2 Å². The maximum absolute atomic E-state index is 12.6. The molecule has 0 bridgehead atoms. The van der Waals surface area contributed by atoms with Gasteiger partial charge in [0.25, 0.3) is 0 Å². The predicted molar refractivity (Wildman–Crippen MR) is 96.0 cm³/mol. The van der Waals surface area contributed by atoms with Crippen molar-refractivity contribution in [2.24, 2.45) is 5.92 Å². The lowest BCUT2D eigenvalue weighted by atomic mass is 10.1. The Bertz CT molecular complexity index is 824. The van der Waals surface area contributed by atoms with Crippen molar-refractivity contribution in [3.63, 3.8) is 0 Å². The molecule has 1 saturated heterocycles. The van der Waals surface area contributed by atoms with E-state index in [2.05, 4.69) is 10.0 Å². The van der Waals surface area contributed by atoms with E-state index in [0.29, 0.717) is 31.7 Å². The van der Waals surface area contributed by atoms with Gasteiger partial charge in [0.15, 0.2) is 0 Å². The molecule has 1 aliphatic rings. The summed E-state index contributed by atoms with van der Waals surface area (Å²) < 4.78 is 51.9. The topological polar surface area (TPSA) is 102 Å². The van der Waals surface area contributed by atoms with Crippen molar-refractivity contribution >= 4 is 21.6 Å². The molecule has 0 spiro atoms. The van der Waals surface area contributed by atoms with E-state index in [9.17, 15) is 27.3 Å². The van der Waals surface area contributed by atoms with Crippen LogP contribution in [0.3, 0.4) is 0 Å². The molecule has 7 nitrogen and oxygen atoms in total. The molecule has 0 aromatic heterocycles. The molecule has 1 unspecified atom stereocenters. The summed E-state index contributed by atoms with van der Waals surface area (Å²) in [6.45, 7) is 2.41. The lowest BCUT2D eigenvalue weighted by Gasteiger charge is -2.27. The number of hydrogen-bond acceptors (Lipinski definition) is 5. The van der Waals surface area contributed by atoms with Gasteiger partial charge in [0.1, 0.15) is 6.07 Å². The van der Waals surface area contributed by atoms with Crippen molar-refractivity contribution in [3.05, 3.63) is 23.8 Å². The smallest absolute Gasteiger partial charge is 0.242 e. The number of benzene rings is 1. The van der Waals surface area contributed by atoms with Crippen molar-refractivity contribution in [2.75, 3.05) is 31.1 Å². The fraction of sp³-hybridized carbons (Fsp3) is 0.529. The van der Waals surface area contributed by atoms with Crippen molar-refractivity contribution < 1.29 is 22.0 Å². The Morgan fingerprint density at radius 2 is 2.11 bits per heavy atom. The highest BCUT2D eigenvalue weighted by Crippen LogP contribution is 2.25. The number of hydrogen-bond donors (Lipinski definition) is 2. The summed E-state index contributed by atoms with van der Waals surface area (Å²) >= 11 is 0. The largest absolute Gasteiger partial charge is 0.370 e. The van der Waals surface area contributed by atoms with Gasteiger partial charge in [0, 0.05) is 38.5 Å². The Labute approximate surface area is 157 Å². The highest BCUT2D eigenvalue weighted by molar-refractivity contribution is 7.89. The van der Waals surface area contributed by atoms with Gasteiger partial charge in [0.2, 0.25) is 22.4 Å². The van der Waals surface area contributed by atoms with Gasteiger partial charge in [-0.05, 0) is 24.6 Å².